The highest BCUT2D eigenvalue weighted by atomic mass is 35.5. The molecule has 122 valence electrons. The first kappa shape index (κ1) is 16.9. The Morgan fingerprint density at radius 1 is 1.17 bits per heavy atom. The zero-order chi connectivity index (χ0) is 17.1. The summed E-state index contributed by atoms with van der Waals surface area (Å²) in [6.07, 6.45) is 1.65. The maximum absolute atomic E-state index is 11.6. The lowest BCUT2D eigenvalue weighted by molar-refractivity contribution is -0.113. The van der Waals surface area contributed by atoms with E-state index in [1.807, 2.05) is 30.3 Å². The zero-order valence-corrected chi connectivity index (χ0v) is 14.7. The van der Waals surface area contributed by atoms with E-state index in [4.69, 9.17) is 33.7 Å². The third-order valence-corrected chi connectivity index (χ3v) is 4.56. The molecular formula is C17H12Cl2N2O2S. The largest absolute Gasteiger partial charge is 0.486 e. The van der Waals surface area contributed by atoms with Crippen LogP contribution in [0.15, 0.2) is 52.4 Å². The molecule has 0 radical (unpaired) electrons. The summed E-state index contributed by atoms with van der Waals surface area (Å²) in [7, 11) is 0. The first-order valence-electron chi connectivity index (χ1n) is 6.97. The van der Waals surface area contributed by atoms with Crippen molar-refractivity contribution in [3.05, 3.63) is 68.5 Å². The van der Waals surface area contributed by atoms with Crippen molar-refractivity contribution in [1.82, 2.24) is 0 Å². The number of benzene rings is 2. The number of nitrogens with two attached hydrogens (primary N) is 1. The lowest BCUT2D eigenvalue weighted by Gasteiger charge is -2.11. The number of carbonyl (C=O) groups is 1. The third kappa shape index (κ3) is 3.93. The van der Waals surface area contributed by atoms with Crippen LogP contribution in [0.2, 0.25) is 10.0 Å². The summed E-state index contributed by atoms with van der Waals surface area (Å²) in [6, 6.07) is 13.1. The van der Waals surface area contributed by atoms with Crippen molar-refractivity contribution in [3.8, 4) is 5.75 Å². The van der Waals surface area contributed by atoms with Crippen molar-refractivity contribution in [2.45, 2.75) is 6.61 Å². The molecule has 24 heavy (non-hydrogen) atoms. The van der Waals surface area contributed by atoms with Crippen LogP contribution in [0, 0.1) is 0 Å². The van der Waals surface area contributed by atoms with Crippen molar-refractivity contribution in [2.24, 2.45) is 10.7 Å². The van der Waals surface area contributed by atoms with E-state index in [1.165, 1.54) is 0 Å². The van der Waals surface area contributed by atoms with Gasteiger partial charge in [-0.3, -0.25) is 4.79 Å². The van der Waals surface area contributed by atoms with Crippen molar-refractivity contribution in [2.75, 3.05) is 0 Å². The van der Waals surface area contributed by atoms with E-state index in [2.05, 4.69) is 4.99 Å². The molecule has 2 N–H and O–H groups in total. The highest BCUT2D eigenvalue weighted by Gasteiger charge is 2.20. The molecule has 3 rings (SSSR count). The summed E-state index contributed by atoms with van der Waals surface area (Å²) in [6.45, 7) is 0.361. The number of thioether (sulfide) groups is 1. The fourth-order valence-corrected chi connectivity index (χ4v) is 3.40. The summed E-state index contributed by atoms with van der Waals surface area (Å²) in [5.74, 6) is 0.0413. The summed E-state index contributed by atoms with van der Waals surface area (Å²) >= 11 is 13.6. The van der Waals surface area contributed by atoms with E-state index in [0.29, 0.717) is 32.9 Å². The fraction of sp³-hybridized carbons (Fsp3) is 0.0588. The minimum absolute atomic E-state index is 0.228. The normalized spacial score (nSPS) is 15.7. The highest BCUT2D eigenvalue weighted by molar-refractivity contribution is 8.18. The second-order valence-electron chi connectivity index (χ2n) is 4.95. The standard InChI is InChI=1S/C17H12Cl2N2O2S/c18-12-6-11(8-14-16(22)21-17(20)24-14)7-13(19)15(12)23-9-10-4-2-1-3-5-10/h1-8H,9H2,(H2,20,21,22). The molecule has 4 nitrogen and oxygen atoms in total. The predicted molar refractivity (Wildman–Crippen MR) is 99.4 cm³/mol. The predicted octanol–water partition coefficient (Wildman–Crippen LogP) is 4.50. The van der Waals surface area contributed by atoms with Crippen molar-refractivity contribution >= 4 is 52.1 Å². The van der Waals surface area contributed by atoms with Gasteiger partial charge in [0.05, 0.1) is 15.0 Å². The maximum atomic E-state index is 11.6. The van der Waals surface area contributed by atoms with Gasteiger partial charge < -0.3 is 10.5 Å². The van der Waals surface area contributed by atoms with Gasteiger partial charge in [0.1, 0.15) is 6.61 Å². The fourth-order valence-electron chi connectivity index (χ4n) is 2.11. The second-order valence-corrected chi connectivity index (χ2v) is 6.83. The number of carbonyl (C=O) groups excluding carboxylic acids is 1. The number of nitrogens with zero attached hydrogens (tertiary/aromatic N) is 1. The molecule has 0 spiro atoms. The molecule has 2 aromatic rings. The van der Waals surface area contributed by atoms with Crippen LogP contribution >= 0.6 is 35.0 Å². The SMILES string of the molecule is NC1=NC(=O)C(=Cc2cc(Cl)c(OCc3ccccc3)c(Cl)c2)S1. The summed E-state index contributed by atoms with van der Waals surface area (Å²) in [5.41, 5.74) is 7.22. The van der Waals surface area contributed by atoms with Crippen molar-refractivity contribution in [1.29, 1.82) is 0 Å². The molecule has 1 aliphatic heterocycles. The van der Waals surface area contributed by atoms with Crippen LogP contribution in [-0.4, -0.2) is 11.1 Å². The zero-order valence-electron chi connectivity index (χ0n) is 12.3. The molecule has 0 unspecified atom stereocenters. The number of aliphatic imine (C=N–C) groups is 1. The van der Waals surface area contributed by atoms with E-state index in [1.54, 1.807) is 18.2 Å². The van der Waals surface area contributed by atoms with Crippen LogP contribution < -0.4 is 10.5 Å². The van der Waals surface area contributed by atoms with E-state index in [-0.39, 0.29) is 11.1 Å². The molecule has 1 heterocycles. The molecule has 0 atom stereocenters. The van der Waals surface area contributed by atoms with Gasteiger partial charge >= 0.3 is 0 Å². The Labute approximate surface area is 153 Å². The first-order valence-corrected chi connectivity index (χ1v) is 8.54. The number of rotatable bonds is 4. The molecule has 7 heteroatoms. The lowest BCUT2D eigenvalue weighted by Crippen LogP contribution is -2.01. The average Bonchev–Trinajstić information content (AvgIpc) is 2.85. The third-order valence-electron chi connectivity index (χ3n) is 3.18. The van der Waals surface area contributed by atoms with E-state index in [9.17, 15) is 4.79 Å². The first-order chi connectivity index (χ1) is 11.5. The lowest BCUT2D eigenvalue weighted by atomic mass is 10.2. The van der Waals surface area contributed by atoms with Gasteiger partial charge in [-0.05, 0) is 41.1 Å². The Bertz CT molecular complexity index is 828. The molecular weight excluding hydrogens is 367 g/mol. The number of amides is 1. The Morgan fingerprint density at radius 2 is 1.83 bits per heavy atom. The van der Waals surface area contributed by atoms with Gasteiger partial charge in [0.15, 0.2) is 10.9 Å². The van der Waals surface area contributed by atoms with Gasteiger partial charge in [-0.25, -0.2) is 0 Å². The number of amidine groups is 1. The average molecular weight is 379 g/mol. The Morgan fingerprint density at radius 3 is 2.42 bits per heavy atom. The molecule has 0 aliphatic carbocycles. The second kappa shape index (κ2) is 7.30. The smallest absolute Gasteiger partial charge is 0.286 e. The van der Waals surface area contributed by atoms with Crippen LogP contribution in [0.25, 0.3) is 6.08 Å². The van der Waals surface area contributed by atoms with E-state index < -0.39 is 0 Å². The van der Waals surface area contributed by atoms with Crippen LogP contribution in [0.5, 0.6) is 5.75 Å². The summed E-state index contributed by atoms with van der Waals surface area (Å²) in [4.78, 5) is 15.7. The molecule has 0 saturated carbocycles. The molecule has 1 aliphatic rings. The van der Waals surface area contributed by atoms with Crippen molar-refractivity contribution in [3.63, 3.8) is 0 Å². The quantitative estimate of drug-likeness (QED) is 0.795. The van der Waals surface area contributed by atoms with Gasteiger partial charge in [0.25, 0.3) is 5.91 Å². The number of hydrogen-bond acceptors (Lipinski definition) is 4. The molecule has 0 saturated heterocycles. The Hall–Kier alpha value is -1.95. The van der Waals surface area contributed by atoms with Crippen LogP contribution in [0.4, 0.5) is 0 Å². The highest BCUT2D eigenvalue weighted by Crippen LogP contribution is 2.36. The summed E-state index contributed by atoms with van der Waals surface area (Å²) < 4.78 is 5.72. The number of ether oxygens (including phenoxy) is 1. The van der Waals surface area contributed by atoms with Crippen molar-refractivity contribution < 1.29 is 9.53 Å². The molecule has 2 aromatic carbocycles. The number of halogens is 2. The van der Waals surface area contributed by atoms with E-state index >= 15 is 0 Å². The minimum Gasteiger partial charge on any atom is -0.486 e. The van der Waals surface area contributed by atoms with Gasteiger partial charge in [-0.1, -0.05) is 53.5 Å². The molecule has 0 fully saturated rings. The van der Waals surface area contributed by atoms with Crippen LogP contribution in [0.3, 0.4) is 0 Å². The van der Waals surface area contributed by atoms with Crippen LogP contribution in [0.1, 0.15) is 11.1 Å². The van der Waals surface area contributed by atoms with Gasteiger partial charge in [-0.2, -0.15) is 4.99 Å². The van der Waals surface area contributed by atoms with Gasteiger partial charge in [-0.15, -0.1) is 0 Å². The Kier molecular flexibility index (Phi) is 5.14. The molecule has 1 amide bonds. The maximum Gasteiger partial charge on any atom is 0.286 e. The summed E-state index contributed by atoms with van der Waals surface area (Å²) in [5, 5.41) is 0.968. The monoisotopic (exact) mass is 378 g/mol. The van der Waals surface area contributed by atoms with E-state index in [0.717, 1.165) is 17.3 Å². The Balaban J connectivity index is 1.79. The molecule has 0 aromatic heterocycles. The number of hydrogen-bond donors (Lipinski definition) is 1. The topological polar surface area (TPSA) is 64.7 Å². The molecule has 0 bridgehead atoms. The van der Waals surface area contributed by atoms with Gasteiger partial charge in [0.2, 0.25) is 0 Å². The van der Waals surface area contributed by atoms with Crippen LogP contribution in [-0.2, 0) is 11.4 Å². The minimum atomic E-state index is -0.367. The van der Waals surface area contributed by atoms with Gasteiger partial charge in [0, 0.05) is 0 Å².